The maximum Gasteiger partial charge on any atom is 0.299 e. The molecular weight excluding hydrogens is 475 g/mol. The Bertz CT molecular complexity index is 927. The number of carbonyl (C=O) groups is 4. The molecule has 4 fully saturated rings. The summed E-state index contributed by atoms with van der Waals surface area (Å²) in [5.41, 5.74) is 0. The molecule has 2 N–H and O–H groups in total. The zero-order chi connectivity index (χ0) is 23.1. The molecule has 6 aliphatic rings. The molecule has 0 aromatic carbocycles. The second kappa shape index (κ2) is 7.56. The molecule has 4 bridgehead atoms. The van der Waals surface area contributed by atoms with Gasteiger partial charge in [-0.2, -0.15) is 0 Å². The van der Waals surface area contributed by atoms with Crippen molar-refractivity contribution in [1.29, 1.82) is 0 Å². The molecule has 4 saturated heterocycles. The van der Waals surface area contributed by atoms with Gasteiger partial charge in [-0.25, -0.2) is 10.2 Å². The van der Waals surface area contributed by atoms with E-state index >= 15 is 0 Å². The highest BCUT2D eigenvalue weighted by molar-refractivity contribution is 7.86. The number of imide groups is 2. The van der Waals surface area contributed by atoms with Crippen LogP contribution in [0.1, 0.15) is 0 Å². The number of likely N-dealkylation sites (tertiary alicyclic amines) is 2. The van der Waals surface area contributed by atoms with Gasteiger partial charge in [0, 0.05) is 26.2 Å². The van der Waals surface area contributed by atoms with Crippen molar-refractivity contribution in [2.75, 3.05) is 26.2 Å². The van der Waals surface area contributed by atoms with Gasteiger partial charge in [0.05, 0.1) is 48.1 Å². The Morgan fingerprint density at radius 1 is 0.697 bits per heavy atom. The molecule has 176 valence electrons. The molecule has 6 aliphatic heterocycles. The van der Waals surface area contributed by atoms with Crippen LogP contribution in [0.3, 0.4) is 0 Å². The summed E-state index contributed by atoms with van der Waals surface area (Å²) in [5, 5.41) is 5.28. The van der Waals surface area contributed by atoms with E-state index in [2.05, 4.69) is 10.2 Å². The minimum atomic E-state index is -3.56. The first-order chi connectivity index (χ1) is 15.8. The molecule has 13 heteroatoms. The molecule has 6 rings (SSSR count). The summed E-state index contributed by atoms with van der Waals surface area (Å²) in [5.74, 6) is -3.09. The van der Waals surface area contributed by atoms with Gasteiger partial charge in [0.1, 0.15) is 0 Å². The molecule has 8 unspecified atom stereocenters. The van der Waals surface area contributed by atoms with E-state index in [9.17, 15) is 23.7 Å². The lowest BCUT2D eigenvalue weighted by molar-refractivity contribution is -0.143. The van der Waals surface area contributed by atoms with Gasteiger partial charge in [0.2, 0.25) is 23.6 Å². The maximum absolute atomic E-state index is 12.6. The van der Waals surface area contributed by atoms with Crippen molar-refractivity contribution >= 4 is 41.7 Å². The Hall–Kier alpha value is -1.88. The zero-order valence-electron chi connectivity index (χ0n) is 17.3. The molecule has 33 heavy (non-hydrogen) atoms. The first kappa shape index (κ1) is 21.6. The van der Waals surface area contributed by atoms with Crippen LogP contribution in [-0.2, 0) is 33.2 Å². The van der Waals surface area contributed by atoms with Crippen LogP contribution in [0.4, 0.5) is 0 Å². The van der Waals surface area contributed by atoms with Gasteiger partial charge in [-0.1, -0.05) is 24.3 Å². The van der Waals surface area contributed by atoms with E-state index in [0.29, 0.717) is 0 Å². The van der Waals surface area contributed by atoms with Crippen molar-refractivity contribution in [3.63, 3.8) is 0 Å². The summed E-state index contributed by atoms with van der Waals surface area (Å²) in [6, 6.07) is 0. The first-order valence-corrected chi connectivity index (χ1v) is 13.6. The monoisotopic (exact) mass is 496 g/mol. The molecule has 6 heterocycles. The highest BCUT2D eigenvalue weighted by Crippen LogP contribution is 2.46. The van der Waals surface area contributed by atoms with E-state index in [1.807, 2.05) is 24.3 Å². The number of rotatable bonds is 8. The number of nitrogens with zero attached hydrogens (tertiary/aromatic N) is 2. The van der Waals surface area contributed by atoms with Crippen molar-refractivity contribution in [1.82, 2.24) is 20.0 Å². The van der Waals surface area contributed by atoms with Gasteiger partial charge in [0.25, 0.3) is 6.80 Å². The van der Waals surface area contributed by atoms with E-state index in [0.717, 1.165) is 0 Å². The molecule has 4 amide bonds. The molecule has 0 spiro atoms. The minimum absolute atomic E-state index is 0.0325. The summed E-state index contributed by atoms with van der Waals surface area (Å²) >= 11 is 6.05. The molecular formula is C20H22ClN4O7P. The predicted molar refractivity (Wildman–Crippen MR) is 112 cm³/mol. The number of fused-ring (bicyclic) bond motifs is 10. The number of ether oxygens (including phenoxy) is 2. The van der Waals surface area contributed by atoms with Crippen molar-refractivity contribution in [3.05, 3.63) is 24.3 Å². The highest BCUT2D eigenvalue weighted by atomic mass is 35.7. The standard InChI is InChI=1S/C20H22ClN4O7P/c21-33(30,22-5-7-24-17(26)13-9-1-2-10(31-9)14(13)18(24)27)23-6-8-25-19(28)15-11-3-4-12(32-11)16(15)20(25)29/h1-4,9-16H,5-8H2,(H2,22,23,30). The van der Waals surface area contributed by atoms with Crippen LogP contribution < -0.4 is 10.2 Å². The van der Waals surface area contributed by atoms with Crippen molar-refractivity contribution in [2.45, 2.75) is 24.4 Å². The maximum atomic E-state index is 12.6. The topological polar surface area (TPSA) is 134 Å². The highest BCUT2D eigenvalue weighted by Gasteiger charge is 2.61. The summed E-state index contributed by atoms with van der Waals surface area (Å²) in [6.45, 7) is -3.42. The predicted octanol–water partition coefficient (Wildman–Crippen LogP) is -0.611. The summed E-state index contributed by atoms with van der Waals surface area (Å²) in [7, 11) is 0. The molecule has 8 atom stereocenters. The van der Waals surface area contributed by atoms with Crippen LogP contribution in [0.15, 0.2) is 24.3 Å². The Labute approximate surface area is 193 Å². The number of amides is 4. The fourth-order valence-corrected chi connectivity index (χ4v) is 7.23. The van der Waals surface area contributed by atoms with Crippen molar-refractivity contribution in [3.8, 4) is 0 Å². The molecule has 0 aromatic rings. The Kier molecular flexibility index (Phi) is 4.96. The molecule has 0 radical (unpaired) electrons. The lowest BCUT2D eigenvalue weighted by Gasteiger charge is -2.21. The Morgan fingerprint density at radius 2 is 1.00 bits per heavy atom. The lowest BCUT2D eigenvalue weighted by atomic mass is 9.85. The van der Waals surface area contributed by atoms with E-state index in [4.69, 9.17) is 20.7 Å². The molecule has 0 saturated carbocycles. The molecule has 11 nitrogen and oxygen atoms in total. The Balaban J connectivity index is 0.978. The van der Waals surface area contributed by atoms with Gasteiger partial charge in [-0.05, 0) is 11.2 Å². The molecule has 0 aliphatic carbocycles. The fraction of sp³-hybridized carbons (Fsp3) is 0.600. The third kappa shape index (κ3) is 3.21. The van der Waals surface area contributed by atoms with E-state index in [-0.39, 0.29) is 74.2 Å². The number of carbonyl (C=O) groups excluding carboxylic acids is 4. The van der Waals surface area contributed by atoms with Gasteiger partial charge < -0.3 is 9.47 Å². The van der Waals surface area contributed by atoms with Crippen molar-refractivity contribution in [2.24, 2.45) is 23.7 Å². The van der Waals surface area contributed by atoms with Crippen LogP contribution in [0.2, 0.25) is 0 Å². The van der Waals surface area contributed by atoms with Crippen LogP contribution >= 0.6 is 18.0 Å². The second-order valence-electron chi connectivity index (χ2n) is 9.01. The van der Waals surface area contributed by atoms with E-state index in [1.165, 1.54) is 9.80 Å². The zero-order valence-corrected chi connectivity index (χ0v) is 19.0. The minimum Gasteiger partial charge on any atom is -0.365 e. The van der Waals surface area contributed by atoms with E-state index in [1.54, 1.807) is 0 Å². The van der Waals surface area contributed by atoms with Crippen LogP contribution in [0.25, 0.3) is 0 Å². The summed E-state index contributed by atoms with van der Waals surface area (Å²) in [6.07, 6.45) is 5.82. The number of nitrogens with one attached hydrogen (secondary N) is 2. The SMILES string of the molecule is O=C1C2C3C=CC(O3)C2C(=O)N1CCNP(=O)(Cl)NCCN1C(=O)C2C3C=CC(O3)C2C1=O. The first-order valence-electron chi connectivity index (χ1n) is 10.9. The van der Waals surface area contributed by atoms with E-state index < -0.39 is 30.5 Å². The smallest absolute Gasteiger partial charge is 0.299 e. The number of hydrogen-bond acceptors (Lipinski definition) is 7. The van der Waals surface area contributed by atoms with Gasteiger partial charge >= 0.3 is 0 Å². The van der Waals surface area contributed by atoms with Crippen molar-refractivity contribution < 1.29 is 33.2 Å². The normalized spacial score (nSPS) is 41.6. The molecule has 0 aromatic heterocycles. The third-order valence-electron chi connectivity index (χ3n) is 7.30. The van der Waals surface area contributed by atoms with Crippen LogP contribution in [0, 0.1) is 23.7 Å². The lowest BCUT2D eigenvalue weighted by Crippen LogP contribution is -2.40. The van der Waals surface area contributed by atoms with Crippen LogP contribution in [0.5, 0.6) is 0 Å². The quantitative estimate of drug-likeness (QED) is 0.256. The summed E-state index contributed by atoms with van der Waals surface area (Å²) < 4.78 is 23.8. The average molecular weight is 497 g/mol. The largest absolute Gasteiger partial charge is 0.365 e. The number of hydrogen-bond donors (Lipinski definition) is 2. The van der Waals surface area contributed by atoms with Gasteiger partial charge in [-0.15, -0.1) is 0 Å². The fourth-order valence-electron chi connectivity index (χ4n) is 5.84. The third-order valence-corrected chi connectivity index (χ3v) is 9.28. The average Bonchev–Trinajstić information content (AvgIpc) is 3.60. The number of halogens is 1. The van der Waals surface area contributed by atoms with Crippen LogP contribution in [-0.4, -0.2) is 84.0 Å². The van der Waals surface area contributed by atoms with Gasteiger partial charge in [0.15, 0.2) is 0 Å². The summed E-state index contributed by atoms with van der Waals surface area (Å²) in [4.78, 5) is 52.8. The second-order valence-corrected chi connectivity index (χ2v) is 12.1. The Morgan fingerprint density at radius 3 is 1.30 bits per heavy atom. The van der Waals surface area contributed by atoms with Gasteiger partial charge in [-0.3, -0.25) is 33.5 Å².